The Kier molecular flexibility index (Phi) is 7.15. The first kappa shape index (κ1) is 24.8. The lowest BCUT2D eigenvalue weighted by atomic mass is 9.84. The van der Waals surface area contributed by atoms with Crippen LogP contribution < -0.4 is 5.32 Å². The monoisotopic (exact) mass is 478 g/mol. The molecule has 1 unspecified atom stereocenters. The van der Waals surface area contributed by atoms with Gasteiger partial charge in [-0.25, -0.2) is 4.79 Å². The molecule has 2 atom stereocenters. The van der Waals surface area contributed by atoms with Crippen LogP contribution in [0.15, 0.2) is 48.5 Å². The van der Waals surface area contributed by atoms with Crippen molar-refractivity contribution in [3.8, 4) is 11.1 Å². The summed E-state index contributed by atoms with van der Waals surface area (Å²) < 4.78 is 5.69. The fraction of sp³-hybridized carbons (Fsp3) is 0.464. The zero-order valence-electron chi connectivity index (χ0n) is 20.6. The molecule has 2 N–H and O–H groups in total. The van der Waals surface area contributed by atoms with E-state index in [1.165, 1.54) is 0 Å². The van der Waals surface area contributed by atoms with Gasteiger partial charge >= 0.3 is 12.1 Å². The largest absolute Gasteiger partial charge is 0.481 e. The first-order valence-corrected chi connectivity index (χ1v) is 12.3. The van der Waals surface area contributed by atoms with Crippen molar-refractivity contribution in [1.82, 2.24) is 10.2 Å². The maximum atomic E-state index is 13.0. The van der Waals surface area contributed by atoms with E-state index in [9.17, 15) is 19.5 Å². The Morgan fingerprint density at radius 2 is 1.66 bits per heavy atom. The minimum atomic E-state index is -0.869. The van der Waals surface area contributed by atoms with Crippen molar-refractivity contribution in [2.45, 2.75) is 52.0 Å². The molecule has 35 heavy (non-hydrogen) atoms. The van der Waals surface area contributed by atoms with E-state index in [1.807, 2.05) is 45.0 Å². The Balaban J connectivity index is 1.39. The summed E-state index contributed by atoms with van der Waals surface area (Å²) in [5, 5.41) is 12.2. The predicted octanol–water partition coefficient (Wildman–Crippen LogP) is 4.65. The molecular formula is C28H34N2O5. The molecule has 7 heteroatoms. The molecule has 0 bridgehead atoms. The van der Waals surface area contributed by atoms with Crippen molar-refractivity contribution in [2.24, 2.45) is 11.3 Å². The van der Waals surface area contributed by atoms with Gasteiger partial charge in [0, 0.05) is 31.5 Å². The number of piperidine rings is 1. The summed E-state index contributed by atoms with van der Waals surface area (Å²) in [5.41, 5.74) is 4.22. The van der Waals surface area contributed by atoms with Crippen LogP contribution in [0, 0.1) is 11.3 Å². The van der Waals surface area contributed by atoms with Gasteiger partial charge in [0.25, 0.3) is 0 Å². The van der Waals surface area contributed by atoms with Gasteiger partial charge in [0.05, 0.1) is 5.92 Å². The molecule has 2 aromatic rings. The standard InChI is InChI=1S/C28H34N2O5/c1-28(2,3)24(15-25(31)30-14-8-9-18(16-30)26(32)33)29-27(34)35-17-23-21-12-6-4-10-19(21)20-11-5-7-13-22(20)23/h4-7,10-13,18,23-24H,8-9,14-17H2,1-3H3,(H,29,34)(H,32,33)/t18-,24?/m1/s1. The Labute approximate surface area is 206 Å². The molecular weight excluding hydrogens is 444 g/mol. The van der Waals surface area contributed by atoms with Crippen LogP contribution in [0.1, 0.15) is 57.1 Å². The van der Waals surface area contributed by atoms with Gasteiger partial charge in [-0.2, -0.15) is 0 Å². The summed E-state index contributed by atoms with van der Waals surface area (Å²) in [6, 6.07) is 15.9. The molecule has 7 nitrogen and oxygen atoms in total. The molecule has 0 radical (unpaired) electrons. The number of benzene rings is 2. The first-order chi connectivity index (χ1) is 16.6. The van der Waals surface area contributed by atoms with Crippen LogP contribution in [0.25, 0.3) is 11.1 Å². The normalized spacial score (nSPS) is 18.4. The van der Waals surface area contributed by atoms with Crippen LogP contribution in [0.5, 0.6) is 0 Å². The fourth-order valence-corrected chi connectivity index (χ4v) is 5.07. The van der Waals surface area contributed by atoms with Crippen LogP contribution in [0.2, 0.25) is 0 Å². The van der Waals surface area contributed by atoms with Crippen LogP contribution in [-0.2, 0) is 14.3 Å². The molecule has 186 valence electrons. The molecule has 2 aliphatic rings. The molecule has 0 spiro atoms. The van der Waals surface area contributed by atoms with Gasteiger partial charge < -0.3 is 20.1 Å². The van der Waals surface area contributed by atoms with Crippen molar-refractivity contribution < 1.29 is 24.2 Å². The number of hydrogen-bond acceptors (Lipinski definition) is 4. The average Bonchev–Trinajstić information content (AvgIpc) is 3.15. The fourth-order valence-electron chi connectivity index (χ4n) is 5.07. The third kappa shape index (κ3) is 5.50. The zero-order chi connectivity index (χ0) is 25.2. The number of rotatable bonds is 6. The van der Waals surface area contributed by atoms with Crippen LogP contribution >= 0.6 is 0 Å². The Morgan fingerprint density at radius 1 is 1.06 bits per heavy atom. The molecule has 1 aliphatic carbocycles. The highest BCUT2D eigenvalue weighted by atomic mass is 16.5. The van der Waals surface area contributed by atoms with Crippen LogP contribution in [-0.4, -0.2) is 53.7 Å². The van der Waals surface area contributed by atoms with Gasteiger partial charge in [0.1, 0.15) is 6.61 Å². The number of fused-ring (bicyclic) bond motifs is 3. The molecule has 1 fully saturated rings. The smallest absolute Gasteiger partial charge is 0.407 e. The van der Waals surface area contributed by atoms with E-state index in [0.717, 1.165) is 22.3 Å². The predicted molar refractivity (Wildman–Crippen MR) is 133 cm³/mol. The van der Waals surface area contributed by atoms with Crippen molar-refractivity contribution >= 4 is 18.0 Å². The Bertz CT molecular complexity index is 1060. The SMILES string of the molecule is CC(C)(C)C(CC(=O)N1CCC[C@@H](C(=O)O)C1)NC(=O)OCC1c2ccccc2-c2ccccc21. The summed E-state index contributed by atoms with van der Waals surface area (Å²) in [5.74, 6) is -1.58. The highest BCUT2D eigenvalue weighted by molar-refractivity contribution is 5.80. The number of carboxylic acid groups (broad SMARTS) is 1. The Hall–Kier alpha value is -3.35. The number of carboxylic acids is 1. The maximum absolute atomic E-state index is 13.0. The number of nitrogens with one attached hydrogen (secondary N) is 1. The summed E-state index contributed by atoms with van der Waals surface area (Å²) in [7, 11) is 0. The minimum Gasteiger partial charge on any atom is -0.481 e. The second-order valence-corrected chi connectivity index (χ2v) is 10.6. The number of amides is 2. The zero-order valence-corrected chi connectivity index (χ0v) is 20.6. The van der Waals surface area contributed by atoms with E-state index >= 15 is 0 Å². The van der Waals surface area contributed by atoms with Gasteiger partial charge in [0.15, 0.2) is 0 Å². The lowest BCUT2D eigenvalue weighted by Crippen LogP contribution is -2.49. The molecule has 2 amide bonds. The maximum Gasteiger partial charge on any atom is 0.407 e. The number of ether oxygens (including phenoxy) is 1. The molecule has 1 heterocycles. The average molecular weight is 479 g/mol. The number of hydrogen-bond donors (Lipinski definition) is 2. The lowest BCUT2D eigenvalue weighted by Gasteiger charge is -2.35. The first-order valence-electron chi connectivity index (χ1n) is 12.3. The summed E-state index contributed by atoms with van der Waals surface area (Å²) >= 11 is 0. The second-order valence-electron chi connectivity index (χ2n) is 10.6. The number of carbonyl (C=O) groups excluding carboxylic acids is 2. The quantitative estimate of drug-likeness (QED) is 0.630. The minimum absolute atomic E-state index is 0.0378. The van der Waals surface area contributed by atoms with E-state index in [0.29, 0.717) is 19.4 Å². The molecule has 1 aliphatic heterocycles. The highest BCUT2D eigenvalue weighted by Crippen LogP contribution is 2.44. The summed E-state index contributed by atoms with van der Waals surface area (Å²) in [6.45, 7) is 6.86. The van der Waals surface area contributed by atoms with Crippen molar-refractivity contribution in [2.75, 3.05) is 19.7 Å². The molecule has 0 saturated carbocycles. The van der Waals surface area contributed by atoms with E-state index in [-0.39, 0.29) is 36.8 Å². The molecule has 1 saturated heterocycles. The molecule has 0 aromatic heterocycles. The summed E-state index contributed by atoms with van der Waals surface area (Å²) in [6.07, 6.45) is 0.796. The second kappa shape index (κ2) is 10.1. The molecule has 4 rings (SSSR count). The number of alkyl carbamates (subject to hydrolysis) is 1. The van der Waals surface area contributed by atoms with Crippen molar-refractivity contribution in [3.63, 3.8) is 0 Å². The van der Waals surface area contributed by atoms with E-state index < -0.39 is 24.0 Å². The highest BCUT2D eigenvalue weighted by Gasteiger charge is 2.34. The van der Waals surface area contributed by atoms with Gasteiger partial charge in [-0.15, -0.1) is 0 Å². The van der Waals surface area contributed by atoms with Gasteiger partial charge in [0.2, 0.25) is 5.91 Å². The third-order valence-corrected chi connectivity index (χ3v) is 7.18. The van der Waals surface area contributed by atoms with E-state index in [1.54, 1.807) is 4.90 Å². The number of aliphatic carboxylic acids is 1. The summed E-state index contributed by atoms with van der Waals surface area (Å²) in [4.78, 5) is 38.8. The Morgan fingerprint density at radius 3 is 2.23 bits per heavy atom. The van der Waals surface area contributed by atoms with Gasteiger partial charge in [-0.3, -0.25) is 9.59 Å². The number of carbonyl (C=O) groups is 3. The van der Waals surface area contributed by atoms with Gasteiger partial charge in [-0.05, 0) is 40.5 Å². The van der Waals surface area contributed by atoms with E-state index in [4.69, 9.17) is 4.74 Å². The topological polar surface area (TPSA) is 95.9 Å². The third-order valence-electron chi connectivity index (χ3n) is 7.18. The van der Waals surface area contributed by atoms with Crippen LogP contribution in [0.4, 0.5) is 4.79 Å². The van der Waals surface area contributed by atoms with Crippen LogP contribution in [0.3, 0.4) is 0 Å². The number of likely N-dealkylation sites (tertiary alicyclic amines) is 1. The van der Waals surface area contributed by atoms with Crippen molar-refractivity contribution in [1.29, 1.82) is 0 Å². The van der Waals surface area contributed by atoms with E-state index in [2.05, 4.69) is 29.6 Å². The number of nitrogens with zero attached hydrogens (tertiary/aromatic N) is 1. The van der Waals surface area contributed by atoms with Crippen molar-refractivity contribution in [3.05, 3.63) is 59.7 Å². The molecule has 2 aromatic carbocycles. The van der Waals surface area contributed by atoms with Gasteiger partial charge in [-0.1, -0.05) is 69.3 Å². The lowest BCUT2D eigenvalue weighted by molar-refractivity contribution is -0.145.